The van der Waals surface area contributed by atoms with Gasteiger partial charge in [-0.3, -0.25) is 9.59 Å². The molecule has 0 saturated heterocycles. The van der Waals surface area contributed by atoms with E-state index in [0.29, 0.717) is 33.6 Å². The van der Waals surface area contributed by atoms with Crippen molar-refractivity contribution in [2.24, 2.45) is 5.73 Å². The van der Waals surface area contributed by atoms with E-state index in [2.05, 4.69) is 6.07 Å². The normalized spacial score (nSPS) is 15.2. The highest BCUT2D eigenvalue weighted by Crippen LogP contribution is 2.41. The fourth-order valence-corrected chi connectivity index (χ4v) is 4.37. The second-order valence-electron chi connectivity index (χ2n) is 6.75. The van der Waals surface area contributed by atoms with Crippen LogP contribution in [0.3, 0.4) is 0 Å². The van der Waals surface area contributed by atoms with Gasteiger partial charge in [0.15, 0.2) is 6.23 Å². The lowest BCUT2D eigenvalue weighted by Crippen LogP contribution is -2.27. The van der Waals surface area contributed by atoms with Gasteiger partial charge >= 0.3 is 0 Å². The number of carbonyl (C=O) groups is 2. The third-order valence-electron chi connectivity index (χ3n) is 4.99. The van der Waals surface area contributed by atoms with Crippen molar-refractivity contribution in [3.8, 4) is 17.2 Å². The Morgan fingerprint density at radius 1 is 1.10 bits per heavy atom. The standard InChI is InChI=1S/C22H17N3O3S/c23-10-8-13-4-6-14(7-5-13)12-25-21(27)17-3-1-2-15(18(17)22(25)28)16-9-11-29-19(16)20(24)26/h1-7,9,11,22,28H,8,12H2,(H2,24,26). The summed E-state index contributed by atoms with van der Waals surface area (Å²) in [5.41, 5.74) is 9.37. The van der Waals surface area contributed by atoms with Crippen molar-refractivity contribution in [2.75, 3.05) is 0 Å². The van der Waals surface area contributed by atoms with Crippen molar-refractivity contribution in [3.63, 3.8) is 0 Å². The largest absolute Gasteiger partial charge is 0.369 e. The number of benzene rings is 2. The van der Waals surface area contributed by atoms with Crippen LogP contribution < -0.4 is 5.73 Å². The van der Waals surface area contributed by atoms with Crippen molar-refractivity contribution in [2.45, 2.75) is 19.2 Å². The van der Waals surface area contributed by atoms with Crippen LogP contribution in [-0.2, 0) is 13.0 Å². The first-order valence-electron chi connectivity index (χ1n) is 8.95. The molecule has 0 fully saturated rings. The van der Waals surface area contributed by atoms with E-state index >= 15 is 0 Å². The first-order chi connectivity index (χ1) is 14.0. The summed E-state index contributed by atoms with van der Waals surface area (Å²) in [4.78, 5) is 26.5. The first-order valence-corrected chi connectivity index (χ1v) is 9.83. The highest BCUT2D eigenvalue weighted by Gasteiger charge is 2.38. The number of thiophene rings is 1. The number of nitrogens with zero attached hydrogens (tertiary/aromatic N) is 2. The van der Waals surface area contributed by atoms with Gasteiger partial charge in [-0.1, -0.05) is 36.4 Å². The van der Waals surface area contributed by atoms with Crippen LogP contribution in [-0.4, -0.2) is 21.8 Å². The van der Waals surface area contributed by atoms with Gasteiger partial charge in [0.2, 0.25) is 0 Å². The Morgan fingerprint density at radius 2 is 1.79 bits per heavy atom. The van der Waals surface area contributed by atoms with E-state index in [1.807, 2.05) is 24.3 Å². The number of nitrogens with two attached hydrogens (primary N) is 1. The van der Waals surface area contributed by atoms with Crippen LogP contribution >= 0.6 is 11.3 Å². The molecule has 4 rings (SSSR count). The van der Waals surface area contributed by atoms with Gasteiger partial charge in [-0.05, 0) is 34.2 Å². The summed E-state index contributed by atoms with van der Waals surface area (Å²) in [6.07, 6.45) is -0.809. The average molecular weight is 403 g/mol. The number of hydrogen-bond acceptors (Lipinski definition) is 5. The van der Waals surface area contributed by atoms with Gasteiger partial charge < -0.3 is 15.7 Å². The van der Waals surface area contributed by atoms with Gasteiger partial charge in [0.1, 0.15) is 0 Å². The predicted molar refractivity (Wildman–Crippen MR) is 109 cm³/mol. The zero-order chi connectivity index (χ0) is 20.5. The molecule has 144 valence electrons. The average Bonchev–Trinajstić information content (AvgIpc) is 3.30. The fourth-order valence-electron chi connectivity index (χ4n) is 3.61. The molecular weight excluding hydrogens is 386 g/mol. The monoisotopic (exact) mass is 403 g/mol. The lowest BCUT2D eigenvalue weighted by molar-refractivity contribution is 0.0140. The topological polar surface area (TPSA) is 107 Å². The SMILES string of the molecule is N#CCc1ccc(CN2C(=O)c3cccc(-c4ccsc4C(N)=O)c3C2O)cc1. The van der Waals surface area contributed by atoms with Gasteiger partial charge in [-0.15, -0.1) is 11.3 Å². The smallest absolute Gasteiger partial charge is 0.259 e. The molecule has 0 spiro atoms. The van der Waals surface area contributed by atoms with E-state index in [4.69, 9.17) is 11.0 Å². The highest BCUT2D eigenvalue weighted by molar-refractivity contribution is 7.12. The number of aliphatic hydroxyl groups is 1. The number of primary amides is 1. The van der Waals surface area contributed by atoms with E-state index in [9.17, 15) is 14.7 Å². The van der Waals surface area contributed by atoms with E-state index in [1.54, 1.807) is 29.6 Å². The molecule has 0 bridgehead atoms. The van der Waals surface area contributed by atoms with Gasteiger partial charge in [0, 0.05) is 23.2 Å². The molecule has 1 aliphatic rings. The van der Waals surface area contributed by atoms with Crippen molar-refractivity contribution in [1.29, 1.82) is 5.26 Å². The van der Waals surface area contributed by atoms with Crippen LogP contribution in [0.25, 0.3) is 11.1 Å². The Kier molecular flexibility index (Phi) is 4.89. The van der Waals surface area contributed by atoms with E-state index in [1.165, 1.54) is 16.2 Å². The molecule has 1 atom stereocenters. The van der Waals surface area contributed by atoms with Crippen molar-refractivity contribution < 1.29 is 14.7 Å². The summed E-state index contributed by atoms with van der Waals surface area (Å²) < 4.78 is 0. The number of rotatable bonds is 5. The molecule has 7 heteroatoms. The molecule has 0 radical (unpaired) electrons. The second-order valence-corrected chi connectivity index (χ2v) is 7.67. The number of carbonyl (C=O) groups excluding carboxylic acids is 2. The van der Waals surface area contributed by atoms with Gasteiger partial charge in [-0.25, -0.2) is 0 Å². The molecule has 2 aromatic carbocycles. The minimum Gasteiger partial charge on any atom is -0.369 e. The van der Waals surface area contributed by atoms with E-state index in [0.717, 1.165) is 11.1 Å². The zero-order valence-electron chi connectivity index (χ0n) is 15.3. The van der Waals surface area contributed by atoms with Crippen LogP contribution in [0, 0.1) is 11.3 Å². The molecule has 1 unspecified atom stereocenters. The van der Waals surface area contributed by atoms with Crippen LogP contribution in [0.2, 0.25) is 0 Å². The van der Waals surface area contributed by atoms with Crippen molar-refractivity contribution in [3.05, 3.63) is 81.0 Å². The molecule has 6 nitrogen and oxygen atoms in total. The number of aliphatic hydroxyl groups excluding tert-OH is 1. The molecule has 2 heterocycles. The quantitative estimate of drug-likeness (QED) is 0.682. The van der Waals surface area contributed by atoms with E-state index < -0.39 is 12.1 Å². The molecule has 1 aromatic heterocycles. The molecule has 29 heavy (non-hydrogen) atoms. The fraction of sp³-hybridized carbons (Fsp3) is 0.136. The lowest BCUT2D eigenvalue weighted by Gasteiger charge is -2.22. The summed E-state index contributed by atoms with van der Waals surface area (Å²) in [5, 5.41) is 21.5. The number of amides is 2. The molecule has 0 saturated carbocycles. The minimum absolute atomic E-state index is 0.229. The van der Waals surface area contributed by atoms with Crippen molar-refractivity contribution >= 4 is 23.2 Å². The molecule has 1 aliphatic heterocycles. The maximum absolute atomic E-state index is 13.0. The Balaban J connectivity index is 1.69. The number of nitriles is 1. The molecular formula is C22H17N3O3S. The molecule has 3 aromatic rings. The number of hydrogen-bond donors (Lipinski definition) is 2. The van der Waals surface area contributed by atoms with Crippen LogP contribution in [0.15, 0.2) is 53.9 Å². The van der Waals surface area contributed by atoms with Crippen LogP contribution in [0.5, 0.6) is 0 Å². The zero-order valence-corrected chi connectivity index (χ0v) is 16.1. The predicted octanol–water partition coefficient (Wildman–Crippen LogP) is 3.23. The summed E-state index contributed by atoms with van der Waals surface area (Å²) in [5.74, 6) is -0.813. The third kappa shape index (κ3) is 3.29. The van der Waals surface area contributed by atoms with Gasteiger partial charge in [0.05, 0.1) is 17.4 Å². The Bertz CT molecular complexity index is 1140. The Labute approximate surface area is 171 Å². The van der Waals surface area contributed by atoms with Gasteiger partial charge in [-0.2, -0.15) is 5.26 Å². The maximum Gasteiger partial charge on any atom is 0.259 e. The van der Waals surface area contributed by atoms with Gasteiger partial charge in [0.25, 0.3) is 11.8 Å². The maximum atomic E-state index is 13.0. The van der Waals surface area contributed by atoms with Crippen molar-refractivity contribution in [1.82, 2.24) is 4.90 Å². The van der Waals surface area contributed by atoms with Crippen LogP contribution in [0.1, 0.15) is 42.9 Å². The summed E-state index contributed by atoms with van der Waals surface area (Å²) in [6, 6.07) is 16.4. The second kappa shape index (κ2) is 7.51. The minimum atomic E-state index is -1.13. The third-order valence-corrected chi connectivity index (χ3v) is 5.92. The first kappa shape index (κ1) is 18.9. The van der Waals surface area contributed by atoms with E-state index in [-0.39, 0.29) is 12.5 Å². The molecule has 0 aliphatic carbocycles. The Hall–Kier alpha value is -3.47. The summed E-state index contributed by atoms with van der Waals surface area (Å²) in [6.45, 7) is 0.229. The molecule has 3 N–H and O–H groups in total. The summed E-state index contributed by atoms with van der Waals surface area (Å²) >= 11 is 1.23. The Morgan fingerprint density at radius 3 is 2.48 bits per heavy atom. The highest BCUT2D eigenvalue weighted by atomic mass is 32.1. The lowest BCUT2D eigenvalue weighted by atomic mass is 9.96. The van der Waals surface area contributed by atoms with Crippen LogP contribution in [0.4, 0.5) is 0 Å². The number of fused-ring (bicyclic) bond motifs is 1. The summed E-state index contributed by atoms with van der Waals surface area (Å²) in [7, 11) is 0. The molecule has 2 amide bonds.